The first-order valence-corrected chi connectivity index (χ1v) is 12.6. The first-order chi connectivity index (χ1) is 12.3. The van der Waals surface area contributed by atoms with Gasteiger partial charge in [0.15, 0.2) is 0 Å². The Hall–Kier alpha value is -0.810. The summed E-state index contributed by atoms with van der Waals surface area (Å²) < 4.78 is 25.6. The lowest BCUT2D eigenvalue weighted by Crippen LogP contribution is -2.41. The van der Waals surface area contributed by atoms with Gasteiger partial charge in [-0.05, 0) is 40.8 Å². The van der Waals surface area contributed by atoms with Gasteiger partial charge in [-0.2, -0.15) is 0 Å². The molecule has 0 saturated carbocycles. The van der Waals surface area contributed by atoms with Crippen molar-refractivity contribution in [2.45, 2.75) is 19.3 Å². The summed E-state index contributed by atoms with van der Waals surface area (Å²) in [5.41, 5.74) is 0.777. The second kappa shape index (κ2) is 8.47. The highest BCUT2D eigenvalue weighted by atomic mass is 79.9. The van der Waals surface area contributed by atoms with E-state index in [-0.39, 0.29) is 12.3 Å². The smallest absolute Gasteiger partial charge is 0.226 e. The average Bonchev–Trinajstić information content (AvgIpc) is 3.21. The fourth-order valence-corrected chi connectivity index (χ4v) is 6.06. The molecule has 2 aromatic heterocycles. The van der Waals surface area contributed by atoms with E-state index in [0.717, 1.165) is 32.9 Å². The van der Waals surface area contributed by atoms with Crippen LogP contribution < -0.4 is 5.32 Å². The molecule has 1 aliphatic rings. The standard InChI is InChI=1S/C16H20BrN3O3S3/c1-26(22,23)20-4-2-11(3-5-20)8-18-15(21)7-13-10-25-16(19-13)14-6-12(17)9-24-14/h6,9-11H,2-5,7-8H2,1H3,(H,18,21). The summed E-state index contributed by atoms with van der Waals surface area (Å²) in [6.45, 7) is 1.65. The molecule has 0 unspecified atom stereocenters. The summed E-state index contributed by atoms with van der Waals surface area (Å²) in [6, 6.07) is 2.02. The summed E-state index contributed by atoms with van der Waals surface area (Å²) in [5, 5.41) is 7.82. The molecule has 3 heterocycles. The van der Waals surface area contributed by atoms with Crippen LogP contribution in [0.4, 0.5) is 0 Å². The van der Waals surface area contributed by atoms with Gasteiger partial charge in [-0.15, -0.1) is 22.7 Å². The highest BCUT2D eigenvalue weighted by molar-refractivity contribution is 9.10. The van der Waals surface area contributed by atoms with Gasteiger partial charge in [0.1, 0.15) is 5.01 Å². The van der Waals surface area contributed by atoms with Crippen molar-refractivity contribution in [3.05, 3.63) is 27.0 Å². The van der Waals surface area contributed by atoms with Crippen molar-refractivity contribution in [2.24, 2.45) is 5.92 Å². The second-order valence-electron chi connectivity index (χ2n) is 6.36. The van der Waals surface area contributed by atoms with Crippen LogP contribution in [0.5, 0.6) is 0 Å². The number of nitrogens with one attached hydrogen (secondary N) is 1. The van der Waals surface area contributed by atoms with E-state index in [0.29, 0.717) is 25.6 Å². The SMILES string of the molecule is CS(=O)(=O)N1CCC(CNC(=O)Cc2csc(-c3cc(Br)cs3)n2)CC1. The largest absolute Gasteiger partial charge is 0.355 e. The maximum absolute atomic E-state index is 12.2. The number of carbonyl (C=O) groups excluding carboxylic acids is 1. The maximum Gasteiger partial charge on any atom is 0.226 e. The fraction of sp³-hybridized carbons (Fsp3) is 0.500. The zero-order valence-electron chi connectivity index (χ0n) is 14.3. The monoisotopic (exact) mass is 477 g/mol. The van der Waals surface area contributed by atoms with Crippen molar-refractivity contribution in [1.82, 2.24) is 14.6 Å². The molecule has 0 aliphatic carbocycles. The molecule has 1 saturated heterocycles. The number of piperidine rings is 1. The number of rotatable bonds is 6. The van der Waals surface area contributed by atoms with Gasteiger partial charge in [-0.25, -0.2) is 17.7 Å². The van der Waals surface area contributed by atoms with E-state index in [1.54, 1.807) is 22.7 Å². The Balaban J connectivity index is 1.44. The van der Waals surface area contributed by atoms with Crippen LogP contribution >= 0.6 is 38.6 Å². The average molecular weight is 478 g/mol. The van der Waals surface area contributed by atoms with Crippen LogP contribution in [0.2, 0.25) is 0 Å². The van der Waals surface area contributed by atoms with Crippen molar-refractivity contribution in [2.75, 3.05) is 25.9 Å². The number of sulfonamides is 1. The molecule has 3 rings (SSSR count). The molecule has 1 N–H and O–H groups in total. The number of amides is 1. The van der Waals surface area contributed by atoms with Crippen LogP contribution in [0.3, 0.4) is 0 Å². The number of halogens is 1. The Kier molecular flexibility index (Phi) is 6.50. The van der Waals surface area contributed by atoms with E-state index in [4.69, 9.17) is 0 Å². The number of thiazole rings is 1. The Morgan fingerprint density at radius 2 is 2.08 bits per heavy atom. The van der Waals surface area contributed by atoms with E-state index in [1.165, 1.54) is 10.6 Å². The van der Waals surface area contributed by atoms with Gasteiger partial charge in [0.05, 0.1) is 23.2 Å². The molecule has 2 aromatic rings. The van der Waals surface area contributed by atoms with Crippen molar-refractivity contribution < 1.29 is 13.2 Å². The third kappa shape index (κ3) is 5.35. The van der Waals surface area contributed by atoms with Crippen molar-refractivity contribution in [1.29, 1.82) is 0 Å². The van der Waals surface area contributed by atoms with Gasteiger partial charge in [-0.3, -0.25) is 4.79 Å². The molecule has 6 nitrogen and oxygen atoms in total. The van der Waals surface area contributed by atoms with Crippen LogP contribution in [0.15, 0.2) is 21.3 Å². The van der Waals surface area contributed by atoms with Gasteiger partial charge in [0, 0.05) is 34.9 Å². The van der Waals surface area contributed by atoms with Gasteiger partial charge in [-0.1, -0.05) is 0 Å². The second-order valence-corrected chi connectivity index (χ2v) is 11.0. The summed E-state index contributed by atoms with van der Waals surface area (Å²) in [5.74, 6) is 0.283. The third-order valence-corrected chi connectivity index (χ3v) is 8.36. The molecule has 1 aliphatic heterocycles. The Bertz CT molecular complexity index is 870. The molecule has 0 spiro atoms. The van der Waals surface area contributed by atoms with E-state index in [2.05, 4.69) is 26.2 Å². The number of thiophene rings is 1. The van der Waals surface area contributed by atoms with Crippen LogP contribution in [0.25, 0.3) is 9.88 Å². The quantitative estimate of drug-likeness (QED) is 0.693. The topological polar surface area (TPSA) is 79.4 Å². The van der Waals surface area contributed by atoms with E-state index in [1.807, 2.05) is 16.8 Å². The van der Waals surface area contributed by atoms with Crippen molar-refractivity contribution in [3.8, 4) is 9.88 Å². The number of hydrogen-bond acceptors (Lipinski definition) is 6. The van der Waals surface area contributed by atoms with E-state index < -0.39 is 10.0 Å². The van der Waals surface area contributed by atoms with Crippen LogP contribution in [0, 0.1) is 5.92 Å². The molecule has 142 valence electrons. The molecular formula is C16H20BrN3O3S3. The fourth-order valence-electron chi connectivity index (χ4n) is 2.86. The molecule has 0 atom stereocenters. The lowest BCUT2D eigenvalue weighted by atomic mass is 9.98. The highest BCUT2D eigenvalue weighted by Gasteiger charge is 2.25. The molecule has 0 aromatic carbocycles. The summed E-state index contributed by atoms with van der Waals surface area (Å²) in [6.07, 6.45) is 3.07. The van der Waals surface area contributed by atoms with Gasteiger partial charge < -0.3 is 5.32 Å². The number of hydrogen-bond donors (Lipinski definition) is 1. The highest BCUT2D eigenvalue weighted by Crippen LogP contribution is 2.32. The predicted molar refractivity (Wildman–Crippen MR) is 109 cm³/mol. The normalized spacial score (nSPS) is 16.7. The number of aromatic nitrogens is 1. The lowest BCUT2D eigenvalue weighted by Gasteiger charge is -2.30. The predicted octanol–water partition coefficient (Wildman–Crippen LogP) is 2.96. The van der Waals surface area contributed by atoms with E-state index >= 15 is 0 Å². The first kappa shape index (κ1) is 19.9. The molecule has 10 heteroatoms. The van der Waals surface area contributed by atoms with Gasteiger partial charge >= 0.3 is 0 Å². The lowest BCUT2D eigenvalue weighted by molar-refractivity contribution is -0.120. The molecule has 1 amide bonds. The van der Waals surface area contributed by atoms with Crippen molar-refractivity contribution >= 4 is 54.5 Å². The first-order valence-electron chi connectivity index (χ1n) is 8.22. The Labute approximate surface area is 169 Å². The molecule has 0 radical (unpaired) electrons. The minimum atomic E-state index is -3.10. The van der Waals surface area contributed by atoms with E-state index in [9.17, 15) is 13.2 Å². The summed E-state index contributed by atoms with van der Waals surface area (Å²) in [7, 11) is -3.10. The van der Waals surface area contributed by atoms with Crippen LogP contribution in [-0.2, 0) is 21.2 Å². The zero-order chi connectivity index (χ0) is 18.7. The van der Waals surface area contributed by atoms with Crippen LogP contribution in [-0.4, -0.2) is 49.5 Å². The minimum Gasteiger partial charge on any atom is -0.355 e. The number of nitrogens with zero attached hydrogens (tertiary/aromatic N) is 2. The van der Waals surface area contributed by atoms with Crippen molar-refractivity contribution in [3.63, 3.8) is 0 Å². The number of carbonyl (C=O) groups is 1. The minimum absolute atomic E-state index is 0.0419. The van der Waals surface area contributed by atoms with Gasteiger partial charge in [0.25, 0.3) is 0 Å². The zero-order valence-corrected chi connectivity index (χ0v) is 18.3. The summed E-state index contributed by atoms with van der Waals surface area (Å²) in [4.78, 5) is 17.8. The van der Waals surface area contributed by atoms with Crippen LogP contribution in [0.1, 0.15) is 18.5 Å². The van der Waals surface area contributed by atoms with Gasteiger partial charge in [0.2, 0.25) is 15.9 Å². The molecule has 1 fully saturated rings. The Morgan fingerprint density at radius 3 is 2.69 bits per heavy atom. The molecule has 26 heavy (non-hydrogen) atoms. The third-order valence-electron chi connectivity index (χ3n) is 4.30. The molecule has 0 bridgehead atoms. The maximum atomic E-state index is 12.2. The Morgan fingerprint density at radius 1 is 1.35 bits per heavy atom. The summed E-state index contributed by atoms with van der Waals surface area (Å²) >= 11 is 6.60. The molecular weight excluding hydrogens is 458 g/mol.